The second-order valence-electron chi connectivity index (χ2n) is 7.05. The monoisotopic (exact) mass is 360 g/mol. The molecule has 3 rings (SSSR count). The zero-order valence-electron chi connectivity index (χ0n) is 15.2. The highest BCUT2D eigenvalue weighted by molar-refractivity contribution is 6.33. The molecule has 1 amide bonds. The van der Waals surface area contributed by atoms with Crippen LogP contribution in [0.3, 0.4) is 0 Å². The van der Waals surface area contributed by atoms with Gasteiger partial charge in [-0.1, -0.05) is 30.3 Å². The Bertz CT molecular complexity index is 652. The molecular weight excluding hydrogens is 334 g/mol. The Balaban J connectivity index is 1.67. The molecule has 0 radical (unpaired) electrons. The van der Waals surface area contributed by atoms with Gasteiger partial charge in [-0.15, -0.1) is 0 Å². The minimum absolute atomic E-state index is 0.0201. The van der Waals surface area contributed by atoms with E-state index in [1.54, 1.807) is 6.92 Å². The molecule has 26 heavy (non-hydrogen) atoms. The van der Waals surface area contributed by atoms with E-state index < -0.39 is 11.8 Å². The number of hydrogen-bond donors (Lipinski definition) is 0. The van der Waals surface area contributed by atoms with E-state index in [0.717, 1.165) is 31.2 Å². The highest BCUT2D eigenvalue weighted by atomic mass is 16.6. The quantitative estimate of drug-likeness (QED) is 0.385. The van der Waals surface area contributed by atoms with Crippen LogP contribution in [0.15, 0.2) is 30.3 Å². The number of ether oxygens (including phenoxy) is 2. The maximum Gasteiger partial charge on any atom is 0.516 e. The molecule has 0 saturated heterocycles. The minimum Gasteiger partial charge on any atom is -0.460 e. The Kier molecular flexibility index (Phi) is 5.71. The van der Waals surface area contributed by atoms with E-state index in [2.05, 4.69) is 0 Å². The lowest BCUT2D eigenvalue weighted by atomic mass is 10.2. The predicted octanol–water partition coefficient (Wildman–Crippen LogP) is 2.99. The first-order valence-corrected chi connectivity index (χ1v) is 9.36. The molecule has 0 aliphatic heterocycles. The number of nitrogens with zero attached hydrogens (tertiary/aromatic N) is 1. The molecule has 140 valence electrons. The topological polar surface area (TPSA) is 69.7 Å². The van der Waals surface area contributed by atoms with Gasteiger partial charge in [-0.3, -0.25) is 4.79 Å². The highest BCUT2D eigenvalue weighted by Crippen LogP contribution is 2.45. The van der Waals surface area contributed by atoms with Gasteiger partial charge in [-0.25, -0.2) is 9.28 Å². The van der Waals surface area contributed by atoms with Crippen LogP contribution in [0.4, 0.5) is 4.79 Å². The fourth-order valence-corrected chi connectivity index (χ4v) is 3.56. The molecule has 2 fully saturated rings. The third-order valence-electron chi connectivity index (χ3n) is 5.15. The SMILES string of the molecule is CCOC(=O)C(=O)CC[N+](C(=O)OCc1ccccc1)(C1CC1)C1CC1. The number of esters is 1. The van der Waals surface area contributed by atoms with Crippen LogP contribution in [0.1, 0.15) is 44.6 Å². The van der Waals surface area contributed by atoms with Crippen molar-refractivity contribution in [3.8, 4) is 0 Å². The van der Waals surface area contributed by atoms with Gasteiger partial charge in [0.25, 0.3) is 0 Å². The van der Waals surface area contributed by atoms with Gasteiger partial charge in [0.15, 0.2) is 0 Å². The van der Waals surface area contributed by atoms with Gasteiger partial charge >= 0.3 is 12.1 Å². The number of quaternary nitrogens is 1. The molecule has 2 saturated carbocycles. The summed E-state index contributed by atoms with van der Waals surface area (Å²) in [6.07, 6.45) is 3.60. The first-order chi connectivity index (χ1) is 12.6. The van der Waals surface area contributed by atoms with E-state index in [0.29, 0.717) is 6.54 Å². The van der Waals surface area contributed by atoms with Crippen molar-refractivity contribution in [2.75, 3.05) is 13.2 Å². The van der Waals surface area contributed by atoms with Crippen molar-refractivity contribution in [2.45, 2.75) is 57.7 Å². The summed E-state index contributed by atoms with van der Waals surface area (Å²) in [7, 11) is 0. The molecule has 2 aliphatic rings. The molecule has 0 bridgehead atoms. The average molecular weight is 360 g/mol. The Morgan fingerprint density at radius 1 is 1.00 bits per heavy atom. The van der Waals surface area contributed by atoms with Crippen LogP contribution in [-0.2, 0) is 25.7 Å². The smallest absolute Gasteiger partial charge is 0.460 e. The summed E-state index contributed by atoms with van der Waals surface area (Å²) >= 11 is 0. The summed E-state index contributed by atoms with van der Waals surface area (Å²) in [5, 5.41) is 0. The van der Waals surface area contributed by atoms with E-state index in [-0.39, 0.29) is 42.3 Å². The number of carbonyl (C=O) groups is 3. The molecule has 2 aliphatic carbocycles. The molecule has 0 N–H and O–H groups in total. The van der Waals surface area contributed by atoms with Gasteiger partial charge in [0.1, 0.15) is 6.61 Å². The van der Waals surface area contributed by atoms with Crippen LogP contribution >= 0.6 is 0 Å². The molecule has 0 atom stereocenters. The highest BCUT2D eigenvalue weighted by Gasteiger charge is 2.60. The van der Waals surface area contributed by atoms with Crippen LogP contribution in [0, 0.1) is 0 Å². The van der Waals surface area contributed by atoms with Crippen LogP contribution < -0.4 is 0 Å². The van der Waals surface area contributed by atoms with E-state index in [1.165, 1.54) is 0 Å². The molecular formula is C20H26NO5+. The normalized spacial score (nSPS) is 16.8. The van der Waals surface area contributed by atoms with Crippen molar-refractivity contribution in [3.05, 3.63) is 35.9 Å². The lowest BCUT2D eigenvalue weighted by molar-refractivity contribution is -0.879. The molecule has 6 heteroatoms. The number of rotatable bonds is 9. The lowest BCUT2D eigenvalue weighted by Crippen LogP contribution is -2.57. The van der Waals surface area contributed by atoms with Crippen LogP contribution in [0.2, 0.25) is 0 Å². The van der Waals surface area contributed by atoms with E-state index in [4.69, 9.17) is 9.47 Å². The summed E-state index contributed by atoms with van der Waals surface area (Å²) < 4.78 is 10.6. The van der Waals surface area contributed by atoms with Crippen LogP contribution in [-0.4, -0.2) is 47.6 Å². The van der Waals surface area contributed by atoms with Gasteiger partial charge < -0.3 is 9.47 Å². The fourth-order valence-electron chi connectivity index (χ4n) is 3.56. The maximum atomic E-state index is 13.0. The fraction of sp³-hybridized carbons (Fsp3) is 0.550. The predicted molar refractivity (Wildman–Crippen MR) is 94.1 cm³/mol. The number of Topliss-reactive ketones (excluding diaryl/α,β-unsaturated/α-hetero) is 1. The third kappa shape index (κ3) is 4.12. The third-order valence-corrected chi connectivity index (χ3v) is 5.15. The van der Waals surface area contributed by atoms with Gasteiger partial charge in [0, 0.05) is 25.7 Å². The van der Waals surface area contributed by atoms with E-state index in [9.17, 15) is 14.4 Å². The first-order valence-electron chi connectivity index (χ1n) is 9.36. The van der Waals surface area contributed by atoms with E-state index >= 15 is 0 Å². The summed E-state index contributed by atoms with van der Waals surface area (Å²) in [5.74, 6) is -1.37. The second kappa shape index (κ2) is 7.99. The zero-order chi connectivity index (χ0) is 18.6. The number of benzene rings is 1. The standard InChI is InChI=1S/C20H26NO5/c1-2-25-19(23)18(22)12-13-21(16-8-9-16,17-10-11-17)20(24)26-14-15-6-4-3-5-7-15/h3-7,16-17H,2,8-14H2,1H3/q+1. The van der Waals surface area contributed by atoms with Crippen molar-refractivity contribution >= 4 is 17.8 Å². The zero-order valence-corrected chi connectivity index (χ0v) is 15.2. The number of carbonyl (C=O) groups excluding carboxylic acids is 3. The Labute approximate surface area is 153 Å². The average Bonchev–Trinajstić information content (AvgIpc) is 3.54. The minimum atomic E-state index is -0.810. The van der Waals surface area contributed by atoms with Gasteiger partial charge in [0.2, 0.25) is 5.78 Å². The summed E-state index contributed by atoms with van der Waals surface area (Å²) in [4.78, 5) is 36.7. The molecule has 0 aromatic heterocycles. The van der Waals surface area contributed by atoms with E-state index in [1.807, 2.05) is 30.3 Å². The molecule has 1 aromatic rings. The Hall–Kier alpha value is -2.21. The first kappa shape index (κ1) is 18.6. The van der Waals surface area contributed by atoms with Crippen molar-refractivity contribution in [1.82, 2.24) is 0 Å². The number of amides is 1. The van der Waals surface area contributed by atoms with Gasteiger partial charge in [-0.2, -0.15) is 4.79 Å². The molecule has 0 spiro atoms. The van der Waals surface area contributed by atoms with Gasteiger partial charge in [-0.05, 0) is 12.5 Å². The van der Waals surface area contributed by atoms with Crippen molar-refractivity contribution in [1.29, 1.82) is 0 Å². The Morgan fingerprint density at radius 3 is 2.15 bits per heavy atom. The van der Waals surface area contributed by atoms with Crippen molar-refractivity contribution in [3.63, 3.8) is 0 Å². The number of ketones is 1. The van der Waals surface area contributed by atoms with Crippen LogP contribution in [0.25, 0.3) is 0 Å². The van der Waals surface area contributed by atoms with Crippen LogP contribution in [0.5, 0.6) is 0 Å². The molecule has 6 nitrogen and oxygen atoms in total. The summed E-state index contributed by atoms with van der Waals surface area (Å²) in [6.45, 7) is 2.39. The lowest BCUT2D eigenvalue weighted by Gasteiger charge is -2.34. The van der Waals surface area contributed by atoms with Crippen molar-refractivity contribution < 1.29 is 28.3 Å². The molecule has 0 heterocycles. The Morgan fingerprint density at radius 2 is 1.62 bits per heavy atom. The van der Waals surface area contributed by atoms with Gasteiger partial charge in [0.05, 0.1) is 31.7 Å². The molecule has 0 unspecified atom stereocenters. The summed E-state index contributed by atoms with van der Waals surface area (Å²) in [5.41, 5.74) is 0.938. The summed E-state index contributed by atoms with van der Waals surface area (Å²) in [6, 6.07) is 9.99. The largest absolute Gasteiger partial charge is 0.516 e. The number of hydrogen-bond acceptors (Lipinski definition) is 5. The maximum absolute atomic E-state index is 13.0. The van der Waals surface area contributed by atoms with Crippen molar-refractivity contribution in [2.24, 2.45) is 0 Å². The second-order valence-corrected chi connectivity index (χ2v) is 7.05. The molecule has 1 aromatic carbocycles.